The monoisotopic (exact) mass is 237 g/mol. The van der Waals surface area contributed by atoms with Gasteiger partial charge in [-0.3, -0.25) is 4.90 Å². The van der Waals surface area contributed by atoms with Crippen molar-refractivity contribution in [2.24, 2.45) is 0 Å². The van der Waals surface area contributed by atoms with Crippen molar-refractivity contribution in [3.05, 3.63) is 34.3 Å². The van der Waals surface area contributed by atoms with Crippen molar-refractivity contribution >= 4 is 11.6 Å². The van der Waals surface area contributed by atoms with Gasteiger partial charge >= 0.3 is 0 Å². The molecule has 0 saturated carbocycles. The summed E-state index contributed by atoms with van der Waals surface area (Å²) in [5.74, 6) is 0. The molecule has 3 heteroatoms. The molecular weight excluding hydrogens is 222 g/mol. The Bertz CT molecular complexity index is 401. The summed E-state index contributed by atoms with van der Waals surface area (Å²) in [5.41, 5.74) is 2.50. The largest absolute Gasteiger partial charge is 0.391 e. The fourth-order valence-electron chi connectivity index (χ4n) is 3.04. The van der Waals surface area contributed by atoms with Gasteiger partial charge in [-0.05, 0) is 49.2 Å². The van der Waals surface area contributed by atoms with Gasteiger partial charge in [0.05, 0.1) is 12.1 Å². The Balaban J connectivity index is 1.95. The molecular formula is C13H16ClNO. The number of hydrogen-bond acceptors (Lipinski definition) is 2. The summed E-state index contributed by atoms with van der Waals surface area (Å²) < 4.78 is 0. The Morgan fingerprint density at radius 1 is 1.25 bits per heavy atom. The summed E-state index contributed by atoms with van der Waals surface area (Å²) in [4.78, 5) is 2.41. The molecule has 0 unspecified atom stereocenters. The minimum atomic E-state index is -0.258. The Morgan fingerprint density at radius 3 is 2.75 bits per heavy atom. The third kappa shape index (κ3) is 1.65. The third-order valence-corrected chi connectivity index (χ3v) is 3.99. The molecule has 1 heterocycles. The highest BCUT2D eigenvalue weighted by atomic mass is 35.5. The smallest absolute Gasteiger partial charge is 0.0777 e. The van der Waals surface area contributed by atoms with Crippen LogP contribution < -0.4 is 0 Å². The molecule has 0 spiro atoms. The predicted molar refractivity (Wildman–Crippen MR) is 64.7 cm³/mol. The van der Waals surface area contributed by atoms with Crippen LogP contribution in [-0.4, -0.2) is 29.2 Å². The number of fused-ring (bicyclic) bond motifs is 1. The Morgan fingerprint density at radius 2 is 2.00 bits per heavy atom. The number of halogens is 1. The molecule has 0 aromatic heterocycles. The first-order chi connectivity index (χ1) is 7.75. The lowest BCUT2D eigenvalue weighted by molar-refractivity contribution is 0.0753. The molecule has 1 aromatic rings. The van der Waals surface area contributed by atoms with Crippen LogP contribution in [0.15, 0.2) is 18.2 Å². The van der Waals surface area contributed by atoms with Gasteiger partial charge in [-0.25, -0.2) is 0 Å². The van der Waals surface area contributed by atoms with Crippen molar-refractivity contribution in [3.63, 3.8) is 0 Å². The average Bonchev–Trinajstić information content (AvgIpc) is 2.83. The zero-order chi connectivity index (χ0) is 11.1. The van der Waals surface area contributed by atoms with Crippen LogP contribution in [0.1, 0.15) is 30.0 Å². The fraction of sp³-hybridized carbons (Fsp3) is 0.538. The highest BCUT2D eigenvalue weighted by Gasteiger charge is 2.36. The van der Waals surface area contributed by atoms with Gasteiger partial charge in [0.1, 0.15) is 0 Å². The third-order valence-electron chi connectivity index (χ3n) is 3.75. The van der Waals surface area contributed by atoms with E-state index in [4.69, 9.17) is 11.6 Å². The number of nitrogens with zero attached hydrogens (tertiary/aromatic N) is 1. The Hall–Kier alpha value is -0.570. The van der Waals surface area contributed by atoms with Gasteiger partial charge in [0.2, 0.25) is 0 Å². The quantitative estimate of drug-likeness (QED) is 0.811. The predicted octanol–water partition coefficient (Wildman–Crippen LogP) is 2.39. The van der Waals surface area contributed by atoms with Crippen LogP contribution >= 0.6 is 11.6 Å². The number of hydrogen-bond donors (Lipinski definition) is 1. The van der Waals surface area contributed by atoms with E-state index < -0.39 is 0 Å². The van der Waals surface area contributed by atoms with E-state index in [0.717, 1.165) is 24.5 Å². The minimum Gasteiger partial charge on any atom is -0.391 e. The van der Waals surface area contributed by atoms with Crippen molar-refractivity contribution in [2.75, 3.05) is 13.1 Å². The van der Waals surface area contributed by atoms with Gasteiger partial charge in [-0.15, -0.1) is 0 Å². The first-order valence-corrected chi connectivity index (χ1v) is 6.34. The second-order valence-electron chi connectivity index (χ2n) is 4.80. The molecule has 0 amide bonds. The van der Waals surface area contributed by atoms with E-state index in [-0.39, 0.29) is 12.1 Å². The minimum absolute atomic E-state index is 0.203. The van der Waals surface area contributed by atoms with E-state index in [2.05, 4.69) is 11.0 Å². The molecule has 2 atom stereocenters. The lowest BCUT2D eigenvalue weighted by atomic mass is 10.1. The van der Waals surface area contributed by atoms with Gasteiger partial charge in [0, 0.05) is 11.4 Å². The van der Waals surface area contributed by atoms with E-state index in [1.165, 1.54) is 24.0 Å². The van der Waals surface area contributed by atoms with Gasteiger partial charge < -0.3 is 5.11 Å². The highest BCUT2D eigenvalue weighted by Crippen LogP contribution is 2.38. The van der Waals surface area contributed by atoms with Crippen molar-refractivity contribution in [3.8, 4) is 0 Å². The fourth-order valence-corrected chi connectivity index (χ4v) is 3.24. The summed E-state index contributed by atoms with van der Waals surface area (Å²) in [6, 6.07) is 6.21. The van der Waals surface area contributed by atoms with E-state index in [1.54, 1.807) is 0 Å². The Kier molecular flexibility index (Phi) is 2.66. The molecule has 3 rings (SSSR count). The molecule has 1 fully saturated rings. The van der Waals surface area contributed by atoms with Crippen LogP contribution in [0.3, 0.4) is 0 Å². The molecule has 16 heavy (non-hydrogen) atoms. The average molecular weight is 238 g/mol. The second kappa shape index (κ2) is 4.02. The summed E-state index contributed by atoms with van der Waals surface area (Å²) in [6.45, 7) is 2.23. The van der Waals surface area contributed by atoms with Gasteiger partial charge in [-0.1, -0.05) is 17.7 Å². The molecule has 1 aromatic carbocycles. The van der Waals surface area contributed by atoms with Crippen molar-refractivity contribution in [1.29, 1.82) is 0 Å². The molecule has 1 aliphatic carbocycles. The molecule has 2 nitrogen and oxygen atoms in total. The lowest BCUT2D eigenvalue weighted by Gasteiger charge is -2.27. The van der Waals surface area contributed by atoms with Gasteiger partial charge in [0.15, 0.2) is 0 Å². The maximum atomic E-state index is 10.2. The van der Waals surface area contributed by atoms with Gasteiger partial charge in [-0.2, -0.15) is 0 Å². The lowest BCUT2D eigenvalue weighted by Crippen LogP contribution is -2.31. The molecule has 0 radical (unpaired) electrons. The number of benzene rings is 1. The molecule has 0 bridgehead atoms. The first-order valence-electron chi connectivity index (χ1n) is 5.96. The number of rotatable bonds is 1. The van der Waals surface area contributed by atoms with Crippen LogP contribution in [0.25, 0.3) is 0 Å². The van der Waals surface area contributed by atoms with Crippen molar-refractivity contribution in [2.45, 2.75) is 31.4 Å². The summed E-state index contributed by atoms with van der Waals surface area (Å²) >= 11 is 5.98. The zero-order valence-corrected chi connectivity index (χ0v) is 9.95. The zero-order valence-electron chi connectivity index (χ0n) is 9.19. The first kappa shape index (κ1) is 10.6. The normalized spacial score (nSPS) is 29.6. The molecule has 1 N–H and O–H groups in total. The maximum absolute atomic E-state index is 10.2. The van der Waals surface area contributed by atoms with Crippen molar-refractivity contribution in [1.82, 2.24) is 4.90 Å². The number of aliphatic hydroxyl groups excluding tert-OH is 1. The SMILES string of the molecule is O[C@@H]1Cc2cc(Cl)ccc2[C@H]1N1CCCC1. The molecule has 2 aliphatic rings. The molecule has 86 valence electrons. The maximum Gasteiger partial charge on any atom is 0.0777 e. The number of aliphatic hydroxyl groups is 1. The summed E-state index contributed by atoms with van der Waals surface area (Å²) in [6.07, 6.45) is 3.00. The van der Waals surface area contributed by atoms with Gasteiger partial charge in [0.25, 0.3) is 0 Å². The van der Waals surface area contributed by atoms with E-state index >= 15 is 0 Å². The van der Waals surface area contributed by atoms with Crippen LogP contribution in [0.4, 0.5) is 0 Å². The second-order valence-corrected chi connectivity index (χ2v) is 5.24. The summed E-state index contributed by atoms with van der Waals surface area (Å²) in [7, 11) is 0. The van der Waals surface area contributed by atoms with Crippen molar-refractivity contribution < 1.29 is 5.11 Å². The van der Waals surface area contributed by atoms with Crippen LogP contribution in [0.2, 0.25) is 5.02 Å². The topological polar surface area (TPSA) is 23.5 Å². The molecule has 1 saturated heterocycles. The standard InChI is InChI=1S/C13H16ClNO/c14-10-3-4-11-9(7-10)8-12(16)13(11)15-5-1-2-6-15/h3-4,7,12-13,16H,1-2,5-6,8H2/t12-,13-/m1/s1. The van der Waals surface area contributed by atoms with Crippen LogP contribution in [0, 0.1) is 0 Å². The van der Waals surface area contributed by atoms with E-state index in [9.17, 15) is 5.11 Å². The van der Waals surface area contributed by atoms with Crippen LogP contribution in [0.5, 0.6) is 0 Å². The Labute approximate surface area is 101 Å². The van der Waals surface area contributed by atoms with E-state index in [1.807, 2.05) is 12.1 Å². The summed E-state index contributed by atoms with van der Waals surface area (Å²) in [5, 5.41) is 10.9. The highest BCUT2D eigenvalue weighted by molar-refractivity contribution is 6.30. The molecule has 1 aliphatic heterocycles. The van der Waals surface area contributed by atoms with Crippen LogP contribution in [-0.2, 0) is 6.42 Å². The van der Waals surface area contributed by atoms with E-state index in [0.29, 0.717) is 0 Å². The number of likely N-dealkylation sites (tertiary alicyclic amines) is 1.